The van der Waals surface area contributed by atoms with Crippen LogP contribution in [0.15, 0.2) is 42.0 Å². The first-order valence-electron chi connectivity index (χ1n) is 6.74. The summed E-state index contributed by atoms with van der Waals surface area (Å²) < 4.78 is 5.65. The third kappa shape index (κ3) is 3.68. The predicted molar refractivity (Wildman–Crippen MR) is 92.9 cm³/mol. The fourth-order valence-electron chi connectivity index (χ4n) is 1.75. The number of aromatic nitrogens is 2. The highest BCUT2D eigenvalue weighted by Crippen LogP contribution is 2.31. The first-order chi connectivity index (χ1) is 11.7. The molecule has 3 rings (SSSR count). The van der Waals surface area contributed by atoms with Gasteiger partial charge in [0.15, 0.2) is 10.3 Å². The van der Waals surface area contributed by atoms with Crippen LogP contribution in [0.1, 0.15) is 5.56 Å². The van der Waals surface area contributed by atoms with Crippen molar-refractivity contribution in [1.29, 1.82) is 5.26 Å². The average molecular weight is 357 g/mol. The molecule has 0 atom stereocenters. The van der Waals surface area contributed by atoms with E-state index in [1.165, 1.54) is 33.8 Å². The summed E-state index contributed by atoms with van der Waals surface area (Å²) in [4.78, 5) is 21.7. The van der Waals surface area contributed by atoms with Crippen molar-refractivity contribution in [3.63, 3.8) is 0 Å². The van der Waals surface area contributed by atoms with E-state index in [9.17, 15) is 4.79 Å². The summed E-state index contributed by atoms with van der Waals surface area (Å²) in [7, 11) is 1.63. The van der Waals surface area contributed by atoms with E-state index in [2.05, 4.69) is 21.4 Å². The number of rotatable bonds is 4. The minimum atomic E-state index is -0.336. The fraction of sp³-hybridized carbons (Fsp3) is 0.0667. The zero-order valence-corrected chi connectivity index (χ0v) is 14.1. The quantitative estimate of drug-likeness (QED) is 0.764. The number of benzene rings is 1. The Morgan fingerprint density at radius 1 is 1.42 bits per heavy atom. The van der Waals surface area contributed by atoms with Crippen molar-refractivity contribution < 1.29 is 9.53 Å². The fourth-order valence-corrected chi connectivity index (χ4v) is 3.04. The Morgan fingerprint density at radius 3 is 3.04 bits per heavy atom. The SMILES string of the molecule is CN(C(=O)Nc1ncc(Oc2cccc(C#N)c2)s1)c1nccs1. The van der Waals surface area contributed by atoms with E-state index in [1.54, 1.807) is 42.9 Å². The van der Waals surface area contributed by atoms with Gasteiger partial charge in [-0.05, 0) is 18.2 Å². The molecular formula is C15H11N5O2S2. The Hall–Kier alpha value is -2.96. The van der Waals surface area contributed by atoms with Gasteiger partial charge in [0.2, 0.25) is 5.06 Å². The number of hydrogen-bond acceptors (Lipinski definition) is 7. The van der Waals surface area contributed by atoms with E-state index in [4.69, 9.17) is 10.00 Å². The van der Waals surface area contributed by atoms with Crippen LogP contribution < -0.4 is 15.0 Å². The van der Waals surface area contributed by atoms with Gasteiger partial charge in [0, 0.05) is 18.6 Å². The van der Waals surface area contributed by atoms with Crippen LogP contribution in [0.4, 0.5) is 15.1 Å². The third-order valence-electron chi connectivity index (χ3n) is 2.89. The van der Waals surface area contributed by atoms with Gasteiger partial charge in [0.1, 0.15) is 5.75 Å². The van der Waals surface area contributed by atoms with Crippen LogP contribution in [0.5, 0.6) is 10.8 Å². The molecule has 24 heavy (non-hydrogen) atoms. The van der Waals surface area contributed by atoms with Crippen LogP contribution in [-0.4, -0.2) is 23.0 Å². The molecule has 2 aromatic heterocycles. The Labute approximate surface area is 145 Å². The molecule has 0 saturated carbocycles. The summed E-state index contributed by atoms with van der Waals surface area (Å²) in [5, 5.41) is 14.9. The zero-order chi connectivity index (χ0) is 16.9. The molecule has 0 aliphatic heterocycles. The number of anilines is 2. The zero-order valence-electron chi connectivity index (χ0n) is 12.5. The number of nitrogens with one attached hydrogen (secondary N) is 1. The summed E-state index contributed by atoms with van der Waals surface area (Å²) in [5.41, 5.74) is 0.510. The van der Waals surface area contributed by atoms with Gasteiger partial charge in [-0.15, -0.1) is 11.3 Å². The van der Waals surface area contributed by atoms with Gasteiger partial charge in [-0.25, -0.2) is 14.8 Å². The molecule has 1 aromatic carbocycles. The molecule has 3 aromatic rings. The van der Waals surface area contributed by atoms with Crippen LogP contribution in [0.25, 0.3) is 0 Å². The van der Waals surface area contributed by atoms with Gasteiger partial charge < -0.3 is 4.74 Å². The van der Waals surface area contributed by atoms with E-state index in [1.807, 2.05) is 0 Å². The number of nitrogens with zero attached hydrogens (tertiary/aromatic N) is 4. The number of ether oxygens (including phenoxy) is 1. The molecule has 9 heteroatoms. The van der Waals surface area contributed by atoms with E-state index in [0.29, 0.717) is 26.6 Å². The Bertz CT molecular complexity index is 885. The molecule has 0 aliphatic carbocycles. The van der Waals surface area contributed by atoms with Crippen molar-refractivity contribution in [2.75, 3.05) is 17.3 Å². The smallest absolute Gasteiger partial charge is 0.329 e. The molecule has 0 saturated heterocycles. The summed E-state index contributed by atoms with van der Waals surface area (Å²) in [6.45, 7) is 0. The van der Waals surface area contributed by atoms with Crippen molar-refractivity contribution in [2.24, 2.45) is 0 Å². The van der Waals surface area contributed by atoms with Crippen LogP contribution >= 0.6 is 22.7 Å². The lowest BCUT2D eigenvalue weighted by molar-refractivity contribution is 0.258. The second-order valence-electron chi connectivity index (χ2n) is 4.53. The molecule has 7 nitrogen and oxygen atoms in total. The van der Waals surface area contributed by atoms with Crippen LogP contribution in [0, 0.1) is 11.3 Å². The van der Waals surface area contributed by atoms with Gasteiger partial charge in [-0.1, -0.05) is 17.4 Å². The minimum absolute atomic E-state index is 0.336. The molecule has 2 heterocycles. The molecule has 0 fully saturated rings. The number of carbonyl (C=O) groups excluding carboxylic acids is 1. The summed E-state index contributed by atoms with van der Waals surface area (Å²) in [6.07, 6.45) is 3.15. The summed E-state index contributed by atoms with van der Waals surface area (Å²) >= 11 is 2.56. The number of urea groups is 1. The van der Waals surface area contributed by atoms with Crippen LogP contribution in [0.3, 0.4) is 0 Å². The first kappa shape index (κ1) is 15.9. The number of nitriles is 1. The van der Waals surface area contributed by atoms with Crippen molar-refractivity contribution in [3.05, 3.63) is 47.6 Å². The van der Waals surface area contributed by atoms with Crippen molar-refractivity contribution >= 4 is 39.0 Å². The second-order valence-corrected chi connectivity index (χ2v) is 6.40. The van der Waals surface area contributed by atoms with Gasteiger partial charge in [-0.3, -0.25) is 10.2 Å². The lowest BCUT2D eigenvalue weighted by atomic mass is 10.2. The highest BCUT2D eigenvalue weighted by molar-refractivity contribution is 7.17. The summed E-state index contributed by atoms with van der Waals surface area (Å²) in [6, 6.07) is 8.52. The Morgan fingerprint density at radius 2 is 2.29 bits per heavy atom. The maximum atomic E-state index is 12.1. The average Bonchev–Trinajstić information content (AvgIpc) is 3.26. The first-order valence-corrected chi connectivity index (χ1v) is 8.43. The monoisotopic (exact) mass is 357 g/mol. The maximum absolute atomic E-state index is 12.1. The second kappa shape index (κ2) is 7.08. The van der Waals surface area contributed by atoms with E-state index >= 15 is 0 Å². The topological polar surface area (TPSA) is 91.1 Å². The number of thiazole rings is 2. The highest BCUT2D eigenvalue weighted by atomic mass is 32.1. The van der Waals surface area contributed by atoms with E-state index in [-0.39, 0.29) is 6.03 Å². The van der Waals surface area contributed by atoms with Crippen molar-refractivity contribution in [2.45, 2.75) is 0 Å². The highest BCUT2D eigenvalue weighted by Gasteiger charge is 2.15. The van der Waals surface area contributed by atoms with Gasteiger partial charge >= 0.3 is 6.03 Å². The van der Waals surface area contributed by atoms with Gasteiger partial charge in [-0.2, -0.15) is 5.26 Å². The number of carbonyl (C=O) groups is 1. The summed E-state index contributed by atoms with van der Waals surface area (Å²) in [5.74, 6) is 0.537. The number of amides is 2. The minimum Gasteiger partial charge on any atom is -0.445 e. The molecule has 0 unspecified atom stereocenters. The standard InChI is InChI=1S/C15H11N5O2S2/c1-20(15-17-5-6-23-15)14(21)19-13-18-9-12(24-13)22-11-4-2-3-10(7-11)8-16/h2-7,9H,1H3,(H,18,19,21). The van der Waals surface area contributed by atoms with E-state index in [0.717, 1.165) is 0 Å². The third-order valence-corrected chi connectivity index (χ3v) is 4.53. The Kier molecular flexibility index (Phi) is 4.69. The molecule has 0 radical (unpaired) electrons. The van der Waals surface area contributed by atoms with Crippen molar-refractivity contribution in [1.82, 2.24) is 9.97 Å². The predicted octanol–water partition coefficient (Wildman–Crippen LogP) is 3.93. The van der Waals surface area contributed by atoms with Gasteiger partial charge in [0.25, 0.3) is 0 Å². The maximum Gasteiger partial charge on any atom is 0.329 e. The van der Waals surface area contributed by atoms with Crippen LogP contribution in [-0.2, 0) is 0 Å². The molecule has 0 bridgehead atoms. The van der Waals surface area contributed by atoms with E-state index < -0.39 is 0 Å². The lowest BCUT2D eigenvalue weighted by Gasteiger charge is -2.12. The number of hydrogen-bond donors (Lipinski definition) is 1. The van der Waals surface area contributed by atoms with Crippen LogP contribution in [0.2, 0.25) is 0 Å². The molecule has 0 spiro atoms. The van der Waals surface area contributed by atoms with Crippen molar-refractivity contribution in [3.8, 4) is 16.9 Å². The molecular weight excluding hydrogens is 346 g/mol. The lowest BCUT2D eigenvalue weighted by Crippen LogP contribution is -2.30. The largest absolute Gasteiger partial charge is 0.445 e. The Balaban J connectivity index is 1.65. The molecule has 0 aliphatic rings. The molecule has 2 amide bonds. The molecule has 120 valence electrons. The van der Waals surface area contributed by atoms with Gasteiger partial charge in [0.05, 0.1) is 17.8 Å². The normalized spacial score (nSPS) is 10.0. The molecule has 1 N–H and O–H groups in total.